The van der Waals surface area contributed by atoms with Crippen LogP contribution in [0.1, 0.15) is 10.4 Å². The minimum Gasteiger partial charge on any atom is -0.465 e. The summed E-state index contributed by atoms with van der Waals surface area (Å²) in [5.41, 5.74) is -1.55. The molecule has 0 aliphatic rings. The molecule has 0 saturated heterocycles. The van der Waals surface area contributed by atoms with E-state index in [4.69, 9.17) is 11.6 Å². The minimum absolute atomic E-state index is 0. The van der Waals surface area contributed by atoms with Crippen molar-refractivity contribution in [2.75, 3.05) is 7.11 Å². The number of methoxy groups -OCH3 is 1. The van der Waals surface area contributed by atoms with Crippen molar-refractivity contribution in [1.29, 1.82) is 0 Å². The van der Waals surface area contributed by atoms with E-state index < -0.39 is 24.0 Å². The van der Waals surface area contributed by atoms with E-state index in [9.17, 15) is 17.7 Å². The Hall–Kier alpha value is 0.471. The molecular weight excluding hydrogens is 270 g/mol. The summed E-state index contributed by atoms with van der Waals surface area (Å²) in [4.78, 5) is 11.1. The van der Waals surface area contributed by atoms with Crippen molar-refractivity contribution >= 4 is 30.0 Å². The first-order chi connectivity index (χ1) is 6.86. The van der Waals surface area contributed by atoms with Crippen LogP contribution in [0, 0.1) is 0 Å². The maximum Gasteiger partial charge on any atom is 1.00 e. The maximum absolute atomic E-state index is 12.5. The van der Waals surface area contributed by atoms with Gasteiger partial charge in [-0.15, -0.1) is 0 Å². The minimum atomic E-state index is -5.25. The van der Waals surface area contributed by atoms with Crippen LogP contribution < -0.4 is 56.8 Å². The fraction of sp³-hybridized carbons (Fsp3) is 0.125. The van der Waals surface area contributed by atoms with Gasteiger partial charge in [-0.1, -0.05) is 23.1 Å². The summed E-state index contributed by atoms with van der Waals surface area (Å²) in [5.74, 6) is -1.05. The zero-order valence-corrected chi connectivity index (χ0v) is 12.5. The van der Waals surface area contributed by atoms with Gasteiger partial charge in [0.1, 0.15) is 0 Å². The molecule has 82 valence electrons. The Balaban J connectivity index is 0.00000225. The van der Waals surface area contributed by atoms with Crippen LogP contribution in [0.25, 0.3) is 0 Å². The summed E-state index contributed by atoms with van der Waals surface area (Å²) in [6.45, 7) is -5.25. The average Bonchev–Trinajstić information content (AvgIpc) is 2.14. The average molecular weight is 276 g/mol. The number of carbonyl (C=O) groups excluding carboxylic acids is 1. The van der Waals surface area contributed by atoms with E-state index >= 15 is 0 Å². The Morgan fingerprint density at radius 1 is 1.38 bits per heavy atom. The molecule has 2 nitrogen and oxygen atoms in total. The molecule has 8 heteroatoms. The molecule has 0 N–H and O–H groups in total. The molecule has 0 bridgehead atoms. The van der Waals surface area contributed by atoms with Crippen molar-refractivity contribution in [2.45, 2.75) is 0 Å². The number of carbonyl (C=O) groups is 1. The van der Waals surface area contributed by atoms with Crippen molar-refractivity contribution in [3.05, 3.63) is 28.8 Å². The topological polar surface area (TPSA) is 26.3 Å². The SMILES string of the molecule is COC(=O)c1cc(Cl)ccc1[B-](F)(F)F.[K+]. The predicted octanol–water partition coefficient (Wildman–Crippen LogP) is -0.815. The smallest absolute Gasteiger partial charge is 0.465 e. The Kier molecular flexibility index (Phi) is 6.61. The number of rotatable bonds is 2. The molecule has 0 atom stereocenters. The van der Waals surface area contributed by atoms with Crippen LogP contribution in [0.2, 0.25) is 5.02 Å². The first kappa shape index (κ1) is 16.5. The first-order valence-electron chi connectivity index (χ1n) is 3.94. The van der Waals surface area contributed by atoms with Crippen molar-refractivity contribution in [1.82, 2.24) is 0 Å². The van der Waals surface area contributed by atoms with Crippen LogP contribution in [-0.4, -0.2) is 20.1 Å². The molecule has 0 aliphatic heterocycles. The number of hydrogen-bond acceptors (Lipinski definition) is 2. The Bertz CT molecular complexity index is 397. The van der Waals surface area contributed by atoms with Crippen LogP contribution in [0.15, 0.2) is 18.2 Å². The number of esters is 1. The molecule has 1 aromatic carbocycles. The van der Waals surface area contributed by atoms with Gasteiger partial charge in [0, 0.05) is 10.6 Å². The third-order valence-electron chi connectivity index (χ3n) is 1.77. The Labute approximate surface area is 138 Å². The standard InChI is InChI=1S/C8H6BClF3O2.K/c1-15-8(14)6-4-5(10)2-3-7(6)9(11,12)13;/h2-4H,1H3;/q-1;+1. The fourth-order valence-corrected chi connectivity index (χ4v) is 1.27. The number of ether oxygens (including phenoxy) is 1. The zero-order valence-electron chi connectivity index (χ0n) is 8.64. The zero-order chi connectivity index (χ0) is 11.6. The van der Waals surface area contributed by atoms with Crippen molar-refractivity contribution in [3.8, 4) is 0 Å². The summed E-state index contributed by atoms with van der Waals surface area (Å²) < 4.78 is 41.7. The first-order valence-corrected chi connectivity index (χ1v) is 4.31. The van der Waals surface area contributed by atoms with Gasteiger partial charge < -0.3 is 17.7 Å². The summed E-state index contributed by atoms with van der Waals surface area (Å²) in [6, 6.07) is 2.80. The molecule has 0 heterocycles. The van der Waals surface area contributed by atoms with E-state index in [1.165, 1.54) is 0 Å². The monoisotopic (exact) mass is 276 g/mol. The van der Waals surface area contributed by atoms with Gasteiger partial charge >= 0.3 is 64.3 Å². The second kappa shape index (κ2) is 6.42. The summed E-state index contributed by atoms with van der Waals surface area (Å²) in [5, 5.41) is 0.0548. The maximum atomic E-state index is 12.5. The van der Waals surface area contributed by atoms with Crippen LogP contribution >= 0.6 is 11.6 Å². The summed E-state index contributed by atoms with van der Waals surface area (Å²) in [7, 11) is 1.01. The molecule has 1 aromatic rings. The molecule has 0 unspecified atom stereocenters. The van der Waals surface area contributed by atoms with Crippen LogP contribution in [0.3, 0.4) is 0 Å². The van der Waals surface area contributed by atoms with Crippen molar-refractivity contribution in [2.24, 2.45) is 0 Å². The molecule has 0 spiro atoms. The molecule has 0 aromatic heterocycles. The van der Waals surface area contributed by atoms with Gasteiger partial charge in [0.2, 0.25) is 0 Å². The van der Waals surface area contributed by atoms with Gasteiger partial charge in [0.15, 0.2) is 0 Å². The summed E-state index contributed by atoms with van der Waals surface area (Å²) >= 11 is 5.50. The Morgan fingerprint density at radius 3 is 2.38 bits per heavy atom. The molecule has 0 saturated carbocycles. The van der Waals surface area contributed by atoms with E-state index in [2.05, 4.69) is 4.74 Å². The van der Waals surface area contributed by atoms with Gasteiger partial charge in [0.25, 0.3) is 0 Å². The third kappa shape index (κ3) is 4.05. The van der Waals surface area contributed by atoms with Crippen molar-refractivity contribution < 1.29 is 73.9 Å². The van der Waals surface area contributed by atoms with Crippen LogP contribution in [-0.2, 0) is 4.74 Å². The molecule has 0 fully saturated rings. The third-order valence-corrected chi connectivity index (χ3v) is 2.01. The predicted molar refractivity (Wildman–Crippen MR) is 51.5 cm³/mol. The molecule has 1 rings (SSSR count). The summed E-state index contributed by atoms with van der Waals surface area (Å²) in [6.07, 6.45) is 0. The second-order valence-corrected chi connectivity index (χ2v) is 3.23. The van der Waals surface area contributed by atoms with E-state index in [1.807, 2.05) is 0 Å². The normalized spacial score (nSPS) is 10.6. The van der Waals surface area contributed by atoms with Crippen LogP contribution in [0.5, 0.6) is 0 Å². The number of halogens is 4. The fourth-order valence-electron chi connectivity index (χ4n) is 1.10. The van der Waals surface area contributed by atoms with Gasteiger partial charge in [-0.2, -0.15) is 0 Å². The van der Waals surface area contributed by atoms with Gasteiger partial charge in [0.05, 0.1) is 7.11 Å². The molecule has 0 aliphatic carbocycles. The number of benzene rings is 1. The molecule has 0 amide bonds. The molecule has 0 radical (unpaired) electrons. The quantitative estimate of drug-likeness (QED) is 0.521. The van der Waals surface area contributed by atoms with Crippen molar-refractivity contribution in [3.63, 3.8) is 0 Å². The van der Waals surface area contributed by atoms with Crippen LogP contribution in [0.4, 0.5) is 12.9 Å². The number of hydrogen-bond donors (Lipinski definition) is 0. The van der Waals surface area contributed by atoms with Gasteiger partial charge in [-0.25, -0.2) is 4.79 Å². The second-order valence-electron chi connectivity index (χ2n) is 2.80. The van der Waals surface area contributed by atoms with E-state index in [0.717, 1.165) is 25.3 Å². The Morgan fingerprint density at radius 2 is 1.94 bits per heavy atom. The molecule has 16 heavy (non-hydrogen) atoms. The van der Waals surface area contributed by atoms with E-state index in [1.54, 1.807) is 0 Å². The van der Waals surface area contributed by atoms with Gasteiger partial charge in [-0.3, -0.25) is 0 Å². The van der Waals surface area contributed by atoms with Gasteiger partial charge in [-0.05, 0) is 12.1 Å². The van der Waals surface area contributed by atoms with E-state index in [-0.39, 0.29) is 56.4 Å². The largest absolute Gasteiger partial charge is 1.00 e. The molecular formula is C8H6BClF3KO2. The van der Waals surface area contributed by atoms with E-state index in [0.29, 0.717) is 0 Å².